The van der Waals surface area contributed by atoms with Gasteiger partial charge in [0.2, 0.25) is 0 Å². The van der Waals surface area contributed by atoms with Crippen LogP contribution in [0.2, 0.25) is 5.02 Å². The molecule has 1 aliphatic heterocycles. The molecule has 3 atom stereocenters. The van der Waals surface area contributed by atoms with Crippen LogP contribution in [0.1, 0.15) is 29.6 Å². The number of hydrogen-bond acceptors (Lipinski definition) is 2. The molecular weight excluding hydrogens is 297 g/mol. The minimum absolute atomic E-state index is 0.0197. The van der Waals surface area contributed by atoms with E-state index in [4.69, 9.17) is 11.6 Å². The molecule has 6 heteroatoms. The first kappa shape index (κ1) is 14.3. The van der Waals surface area contributed by atoms with Crippen LogP contribution in [0.15, 0.2) is 18.2 Å². The lowest BCUT2D eigenvalue weighted by Gasteiger charge is -2.24. The van der Waals surface area contributed by atoms with Gasteiger partial charge in [-0.2, -0.15) is 0 Å². The Balaban J connectivity index is 1.93. The average molecular weight is 312 g/mol. The van der Waals surface area contributed by atoms with E-state index in [0.29, 0.717) is 6.54 Å². The molecule has 0 aromatic heterocycles. The topological polar surface area (TPSA) is 57.6 Å². The van der Waals surface area contributed by atoms with Crippen LogP contribution < -0.4 is 0 Å². The van der Waals surface area contributed by atoms with E-state index in [0.717, 1.165) is 19.3 Å². The highest BCUT2D eigenvalue weighted by atomic mass is 35.5. The summed E-state index contributed by atoms with van der Waals surface area (Å²) in [5.41, 5.74) is -0.159. The minimum Gasteiger partial charge on any atom is -0.480 e. The van der Waals surface area contributed by atoms with Crippen molar-refractivity contribution in [2.45, 2.75) is 25.3 Å². The van der Waals surface area contributed by atoms with Crippen molar-refractivity contribution in [2.24, 2.45) is 11.8 Å². The van der Waals surface area contributed by atoms with E-state index in [-0.39, 0.29) is 22.4 Å². The van der Waals surface area contributed by atoms with Gasteiger partial charge in [-0.15, -0.1) is 0 Å². The van der Waals surface area contributed by atoms with Gasteiger partial charge in [0.25, 0.3) is 5.91 Å². The number of rotatable bonds is 2. The first-order valence-corrected chi connectivity index (χ1v) is 7.36. The van der Waals surface area contributed by atoms with E-state index in [9.17, 15) is 19.1 Å². The molecule has 2 fully saturated rings. The fourth-order valence-corrected chi connectivity index (χ4v) is 3.83. The third-order valence-electron chi connectivity index (χ3n) is 4.59. The lowest BCUT2D eigenvalue weighted by molar-refractivity contribution is -0.142. The summed E-state index contributed by atoms with van der Waals surface area (Å²) < 4.78 is 14.0. The maximum atomic E-state index is 14.0. The van der Waals surface area contributed by atoms with Gasteiger partial charge < -0.3 is 10.0 Å². The molecule has 112 valence electrons. The SMILES string of the molecule is O=C(O)C1C2CCCC2CN1C(=O)c1cccc(Cl)c1F. The Morgan fingerprint density at radius 3 is 2.81 bits per heavy atom. The molecule has 1 aromatic rings. The lowest BCUT2D eigenvalue weighted by atomic mass is 9.94. The number of likely N-dealkylation sites (tertiary alicyclic amines) is 1. The van der Waals surface area contributed by atoms with Gasteiger partial charge >= 0.3 is 5.97 Å². The number of carbonyl (C=O) groups is 2. The zero-order valence-electron chi connectivity index (χ0n) is 11.3. The molecule has 21 heavy (non-hydrogen) atoms. The van der Waals surface area contributed by atoms with E-state index >= 15 is 0 Å². The number of aliphatic carboxylic acids is 1. The molecule has 3 unspecified atom stereocenters. The normalized spacial score (nSPS) is 27.7. The fraction of sp³-hybridized carbons (Fsp3) is 0.467. The number of carbonyl (C=O) groups excluding carboxylic acids is 1. The van der Waals surface area contributed by atoms with Crippen LogP contribution in [-0.2, 0) is 4.79 Å². The van der Waals surface area contributed by atoms with Gasteiger partial charge in [0.05, 0.1) is 10.6 Å². The Bertz CT molecular complexity index is 607. The second kappa shape index (κ2) is 5.30. The number of hydrogen-bond donors (Lipinski definition) is 1. The van der Waals surface area contributed by atoms with Crippen molar-refractivity contribution in [3.63, 3.8) is 0 Å². The Morgan fingerprint density at radius 2 is 2.10 bits per heavy atom. The van der Waals surface area contributed by atoms with E-state index in [2.05, 4.69) is 0 Å². The highest BCUT2D eigenvalue weighted by Gasteiger charge is 2.49. The molecule has 1 saturated carbocycles. The van der Waals surface area contributed by atoms with Gasteiger partial charge in [-0.25, -0.2) is 9.18 Å². The quantitative estimate of drug-likeness (QED) is 0.913. The fourth-order valence-electron chi connectivity index (χ4n) is 3.65. The van der Waals surface area contributed by atoms with Crippen molar-refractivity contribution < 1.29 is 19.1 Å². The molecular formula is C15H15ClFNO3. The Labute approximate surface area is 126 Å². The summed E-state index contributed by atoms with van der Waals surface area (Å²) in [6, 6.07) is 3.34. The van der Waals surface area contributed by atoms with Crippen molar-refractivity contribution in [2.75, 3.05) is 6.54 Å². The Morgan fingerprint density at radius 1 is 1.33 bits per heavy atom. The number of carboxylic acids is 1. The number of fused-ring (bicyclic) bond motifs is 1. The predicted octanol–water partition coefficient (Wildman–Crippen LogP) is 2.80. The smallest absolute Gasteiger partial charge is 0.326 e. The second-order valence-corrected chi connectivity index (χ2v) is 6.10. The zero-order chi connectivity index (χ0) is 15.1. The zero-order valence-corrected chi connectivity index (χ0v) is 12.0. The van der Waals surface area contributed by atoms with Crippen LogP contribution in [0, 0.1) is 17.7 Å². The average Bonchev–Trinajstić information content (AvgIpc) is 3.00. The van der Waals surface area contributed by atoms with Gasteiger partial charge in [0.15, 0.2) is 5.82 Å². The van der Waals surface area contributed by atoms with Crippen molar-refractivity contribution in [1.82, 2.24) is 4.90 Å². The second-order valence-electron chi connectivity index (χ2n) is 5.70. The molecule has 3 rings (SSSR count). The molecule has 1 saturated heterocycles. The third-order valence-corrected chi connectivity index (χ3v) is 4.88. The van der Waals surface area contributed by atoms with Gasteiger partial charge in [-0.3, -0.25) is 4.79 Å². The highest BCUT2D eigenvalue weighted by Crippen LogP contribution is 2.42. The Kier molecular flexibility index (Phi) is 3.61. The van der Waals surface area contributed by atoms with Gasteiger partial charge in [-0.1, -0.05) is 24.1 Å². The molecule has 1 heterocycles. The van der Waals surface area contributed by atoms with Gasteiger partial charge in [0, 0.05) is 6.54 Å². The molecule has 2 aliphatic rings. The van der Waals surface area contributed by atoms with Crippen molar-refractivity contribution >= 4 is 23.5 Å². The van der Waals surface area contributed by atoms with Crippen molar-refractivity contribution in [3.8, 4) is 0 Å². The largest absolute Gasteiger partial charge is 0.480 e. The van der Waals surface area contributed by atoms with E-state index in [1.165, 1.54) is 23.1 Å². The highest BCUT2D eigenvalue weighted by molar-refractivity contribution is 6.31. The monoisotopic (exact) mass is 311 g/mol. The predicted molar refractivity (Wildman–Crippen MR) is 74.7 cm³/mol. The first-order chi connectivity index (χ1) is 10.0. The summed E-state index contributed by atoms with van der Waals surface area (Å²) in [5, 5.41) is 9.30. The molecule has 4 nitrogen and oxygen atoms in total. The molecule has 1 aromatic carbocycles. The molecule has 1 amide bonds. The summed E-state index contributed by atoms with van der Waals surface area (Å²) in [7, 11) is 0. The van der Waals surface area contributed by atoms with Crippen LogP contribution >= 0.6 is 11.6 Å². The van der Waals surface area contributed by atoms with E-state index in [1.807, 2.05) is 0 Å². The van der Waals surface area contributed by atoms with E-state index < -0.39 is 23.7 Å². The van der Waals surface area contributed by atoms with Crippen molar-refractivity contribution in [3.05, 3.63) is 34.6 Å². The summed E-state index contributed by atoms with van der Waals surface area (Å²) in [5.74, 6) is -2.20. The number of benzene rings is 1. The Hall–Kier alpha value is -1.62. The maximum absolute atomic E-state index is 14.0. The summed E-state index contributed by atoms with van der Waals surface area (Å²) in [6.07, 6.45) is 2.73. The molecule has 0 bridgehead atoms. The number of carboxylic acid groups (broad SMARTS) is 1. The summed E-state index contributed by atoms with van der Waals surface area (Å²) >= 11 is 5.70. The first-order valence-electron chi connectivity index (χ1n) is 6.98. The van der Waals surface area contributed by atoms with Crippen molar-refractivity contribution in [1.29, 1.82) is 0 Å². The van der Waals surface area contributed by atoms with Gasteiger partial charge in [-0.05, 0) is 36.8 Å². The maximum Gasteiger partial charge on any atom is 0.326 e. The van der Waals surface area contributed by atoms with Crippen LogP contribution in [-0.4, -0.2) is 34.5 Å². The molecule has 0 spiro atoms. The van der Waals surface area contributed by atoms with E-state index in [1.54, 1.807) is 0 Å². The molecule has 0 radical (unpaired) electrons. The molecule has 1 N–H and O–H groups in total. The van der Waals surface area contributed by atoms with Crippen LogP contribution in [0.4, 0.5) is 4.39 Å². The molecule has 1 aliphatic carbocycles. The standard InChI is InChI=1S/C15H15ClFNO3/c16-11-6-2-5-10(12(11)17)14(19)18-7-8-3-1-4-9(8)13(18)15(20)21/h2,5-6,8-9,13H,1,3-4,7H2,(H,20,21). The number of halogens is 2. The lowest BCUT2D eigenvalue weighted by Crippen LogP contribution is -2.43. The minimum atomic E-state index is -1.01. The van der Waals surface area contributed by atoms with Crippen LogP contribution in [0.25, 0.3) is 0 Å². The summed E-state index contributed by atoms with van der Waals surface area (Å²) in [6.45, 7) is 0.381. The number of amides is 1. The number of nitrogens with zero attached hydrogens (tertiary/aromatic N) is 1. The third kappa shape index (κ3) is 2.29. The van der Waals surface area contributed by atoms with Crippen LogP contribution in [0.3, 0.4) is 0 Å². The van der Waals surface area contributed by atoms with Crippen LogP contribution in [0.5, 0.6) is 0 Å². The van der Waals surface area contributed by atoms with Gasteiger partial charge in [0.1, 0.15) is 6.04 Å². The summed E-state index contributed by atoms with van der Waals surface area (Å²) in [4.78, 5) is 25.4.